The second-order valence-corrected chi connectivity index (χ2v) is 3.40. The maximum atomic E-state index is 10.4. The molecule has 0 bridgehead atoms. The summed E-state index contributed by atoms with van der Waals surface area (Å²) < 4.78 is 0. The van der Waals surface area contributed by atoms with Gasteiger partial charge in [0, 0.05) is 11.1 Å². The number of hydrogen-bond acceptors (Lipinski definition) is 2. The molecule has 0 radical (unpaired) electrons. The highest BCUT2D eigenvalue weighted by atomic mass is 16.1. The van der Waals surface area contributed by atoms with Crippen LogP contribution in [0.5, 0.6) is 0 Å². The fourth-order valence-electron chi connectivity index (χ4n) is 1.32. The topological polar surface area (TPSA) is 43.1 Å². The van der Waals surface area contributed by atoms with Gasteiger partial charge in [0.05, 0.1) is 0 Å². The summed E-state index contributed by atoms with van der Waals surface area (Å²) in [4.78, 5) is 10.4. The molecule has 2 rings (SSSR count). The van der Waals surface area contributed by atoms with Crippen LogP contribution in [-0.2, 0) is 5.54 Å². The Hall–Kier alpha value is -1.15. The van der Waals surface area contributed by atoms with Gasteiger partial charge in [0.25, 0.3) is 0 Å². The van der Waals surface area contributed by atoms with Crippen LogP contribution >= 0.6 is 0 Å². The van der Waals surface area contributed by atoms with Crippen molar-refractivity contribution in [2.45, 2.75) is 18.4 Å². The van der Waals surface area contributed by atoms with Gasteiger partial charge in [0.2, 0.25) is 0 Å². The van der Waals surface area contributed by atoms with Gasteiger partial charge in [-0.15, -0.1) is 0 Å². The molecule has 0 spiro atoms. The van der Waals surface area contributed by atoms with Gasteiger partial charge < -0.3 is 5.73 Å². The normalized spacial score (nSPS) is 18.8. The van der Waals surface area contributed by atoms with Crippen LogP contribution in [0.1, 0.15) is 28.8 Å². The van der Waals surface area contributed by atoms with E-state index < -0.39 is 0 Å². The lowest BCUT2D eigenvalue weighted by Crippen LogP contribution is -2.18. The van der Waals surface area contributed by atoms with Crippen LogP contribution in [0.15, 0.2) is 24.3 Å². The molecule has 0 heterocycles. The van der Waals surface area contributed by atoms with Crippen molar-refractivity contribution in [2.75, 3.05) is 0 Å². The molecular weight excluding hydrogens is 150 g/mol. The largest absolute Gasteiger partial charge is 0.321 e. The number of benzene rings is 1. The van der Waals surface area contributed by atoms with Crippen molar-refractivity contribution >= 4 is 6.29 Å². The maximum Gasteiger partial charge on any atom is 0.150 e. The average Bonchev–Trinajstić information content (AvgIpc) is 2.85. The monoisotopic (exact) mass is 161 g/mol. The molecule has 1 aliphatic rings. The number of aldehydes is 1. The number of rotatable bonds is 2. The quantitative estimate of drug-likeness (QED) is 0.667. The van der Waals surface area contributed by atoms with Gasteiger partial charge in [-0.05, 0) is 18.4 Å². The van der Waals surface area contributed by atoms with Crippen molar-refractivity contribution in [3.63, 3.8) is 0 Å². The molecule has 2 N–H and O–H groups in total. The molecule has 12 heavy (non-hydrogen) atoms. The molecule has 62 valence electrons. The van der Waals surface area contributed by atoms with Gasteiger partial charge in [-0.2, -0.15) is 0 Å². The van der Waals surface area contributed by atoms with Gasteiger partial charge in [-0.1, -0.05) is 24.3 Å². The third kappa shape index (κ3) is 1.14. The summed E-state index contributed by atoms with van der Waals surface area (Å²) in [5, 5.41) is 0. The van der Waals surface area contributed by atoms with E-state index in [2.05, 4.69) is 0 Å². The van der Waals surface area contributed by atoms with E-state index in [9.17, 15) is 4.79 Å². The Morgan fingerprint density at radius 2 is 1.83 bits per heavy atom. The molecule has 0 aliphatic heterocycles. The van der Waals surface area contributed by atoms with E-state index in [0.717, 1.165) is 24.7 Å². The first-order valence-corrected chi connectivity index (χ1v) is 4.09. The molecular formula is C10H11NO. The summed E-state index contributed by atoms with van der Waals surface area (Å²) in [7, 11) is 0. The Labute approximate surface area is 71.4 Å². The molecule has 1 fully saturated rings. The summed E-state index contributed by atoms with van der Waals surface area (Å²) in [6.45, 7) is 0. The first-order chi connectivity index (χ1) is 5.74. The van der Waals surface area contributed by atoms with Crippen LogP contribution in [0.3, 0.4) is 0 Å². The van der Waals surface area contributed by atoms with E-state index in [1.165, 1.54) is 0 Å². The van der Waals surface area contributed by atoms with E-state index in [4.69, 9.17) is 5.73 Å². The van der Waals surface area contributed by atoms with E-state index in [-0.39, 0.29) is 5.54 Å². The lowest BCUT2D eigenvalue weighted by Gasteiger charge is -2.07. The Bertz CT molecular complexity index is 298. The highest BCUT2D eigenvalue weighted by Gasteiger charge is 2.39. The van der Waals surface area contributed by atoms with Crippen molar-refractivity contribution in [2.24, 2.45) is 5.73 Å². The number of hydrogen-bond donors (Lipinski definition) is 1. The third-order valence-electron chi connectivity index (χ3n) is 2.41. The van der Waals surface area contributed by atoms with Gasteiger partial charge in [0.1, 0.15) is 6.29 Å². The Kier molecular flexibility index (Phi) is 1.51. The molecule has 0 amide bonds. The lowest BCUT2D eigenvalue weighted by molar-refractivity contribution is 0.112. The van der Waals surface area contributed by atoms with Gasteiger partial charge in [0.15, 0.2) is 0 Å². The van der Waals surface area contributed by atoms with Gasteiger partial charge >= 0.3 is 0 Å². The zero-order chi connectivity index (χ0) is 8.60. The summed E-state index contributed by atoms with van der Waals surface area (Å²) in [5.74, 6) is 0. The second kappa shape index (κ2) is 2.42. The number of nitrogens with two attached hydrogens (primary N) is 1. The van der Waals surface area contributed by atoms with Crippen molar-refractivity contribution in [3.05, 3.63) is 35.4 Å². The third-order valence-corrected chi connectivity index (χ3v) is 2.41. The predicted molar refractivity (Wildman–Crippen MR) is 46.9 cm³/mol. The molecule has 1 saturated carbocycles. The minimum atomic E-state index is -0.0819. The summed E-state index contributed by atoms with van der Waals surface area (Å²) in [6.07, 6.45) is 2.97. The fraction of sp³-hybridized carbons (Fsp3) is 0.300. The standard InChI is InChI=1S/C10H11NO/c11-10(5-6-10)9-3-1-8(7-12)2-4-9/h1-4,7H,5-6,11H2. The molecule has 1 aromatic rings. The minimum absolute atomic E-state index is 0.0819. The van der Waals surface area contributed by atoms with Crippen LogP contribution in [-0.4, -0.2) is 6.29 Å². The fourth-order valence-corrected chi connectivity index (χ4v) is 1.32. The lowest BCUT2D eigenvalue weighted by atomic mass is 10.0. The maximum absolute atomic E-state index is 10.4. The Balaban J connectivity index is 2.30. The average molecular weight is 161 g/mol. The van der Waals surface area contributed by atoms with E-state index in [0.29, 0.717) is 5.56 Å². The summed E-state index contributed by atoms with van der Waals surface area (Å²) in [6, 6.07) is 7.51. The smallest absolute Gasteiger partial charge is 0.150 e. The van der Waals surface area contributed by atoms with Crippen molar-refractivity contribution < 1.29 is 4.79 Å². The van der Waals surface area contributed by atoms with Crippen LogP contribution < -0.4 is 5.73 Å². The van der Waals surface area contributed by atoms with Crippen LogP contribution in [0.4, 0.5) is 0 Å². The highest BCUT2D eigenvalue weighted by molar-refractivity contribution is 5.74. The Morgan fingerprint density at radius 1 is 1.25 bits per heavy atom. The van der Waals surface area contributed by atoms with Gasteiger partial charge in [-0.25, -0.2) is 0 Å². The van der Waals surface area contributed by atoms with Crippen LogP contribution in [0, 0.1) is 0 Å². The van der Waals surface area contributed by atoms with E-state index in [1.807, 2.05) is 24.3 Å². The van der Waals surface area contributed by atoms with Crippen molar-refractivity contribution in [1.29, 1.82) is 0 Å². The molecule has 0 saturated heterocycles. The second-order valence-electron chi connectivity index (χ2n) is 3.40. The summed E-state index contributed by atoms with van der Waals surface area (Å²) in [5.41, 5.74) is 7.75. The molecule has 0 atom stereocenters. The Morgan fingerprint density at radius 3 is 2.25 bits per heavy atom. The summed E-state index contributed by atoms with van der Waals surface area (Å²) >= 11 is 0. The SMILES string of the molecule is NC1(c2ccc(C=O)cc2)CC1. The molecule has 1 aromatic carbocycles. The minimum Gasteiger partial charge on any atom is -0.321 e. The van der Waals surface area contributed by atoms with Crippen LogP contribution in [0.25, 0.3) is 0 Å². The van der Waals surface area contributed by atoms with Gasteiger partial charge in [-0.3, -0.25) is 4.79 Å². The number of carbonyl (C=O) groups excluding carboxylic acids is 1. The van der Waals surface area contributed by atoms with E-state index in [1.54, 1.807) is 0 Å². The molecule has 1 aliphatic carbocycles. The predicted octanol–water partition coefficient (Wildman–Crippen LogP) is 1.45. The molecule has 2 nitrogen and oxygen atoms in total. The number of carbonyl (C=O) groups is 1. The first kappa shape index (κ1) is 7.50. The highest BCUT2D eigenvalue weighted by Crippen LogP contribution is 2.42. The molecule has 0 aromatic heterocycles. The van der Waals surface area contributed by atoms with Crippen molar-refractivity contribution in [3.8, 4) is 0 Å². The molecule has 0 unspecified atom stereocenters. The van der Waals surface area contributed by atoms with Crippen LogP contribution in [0.2, 0.25) is 0 Å². The zero-order valence-electron chi connectivity index (χ0n) is 6.79. The van der Waals surface area contributed by atoms with Crippen molar-refractivity contribution in [1.82, 2.24) is 0 Å². The molecule has 2 heteroatoms. The first-order valence-electron chi connectivity index (χ1n) is 4.09. The zero-order valence-corrected chi connectivity index (χ0v) is 6.79. The van der Waals surface area contributed by atoms with E-state index >= 15 is 0 Å².